The molecule has 3 aromatic heterocycles. The van der Waals surface area contributed by atoms with Crippen LogP contribution >= 0.6 is 0 Å². The van der Waals surface area contributed by atoms with Crippen molar-refractivity contribution in [2.45, 2.75) is 38.3 Å². The number of carboxylic acids is 1. The minimum atomic E-state index is -0.945. The van der Waals surface area contributed by atoms with Gasteiger partial charge in [-0.25, -0.2) is 4.98 Å². The van der Waals surface area contributed by atoms with Gasteiger partial charge in [0.1, 0.15) is 11.6 Å². The highest BCUT2D eigenvalue weighted by molar-refractivity contribution is 5.81. The number of carbonyl (C=O) groups is 1. The average molecular weight is 474 g/mol. The Labute approximate surface area is 202 Å². The number of nitrogens with one attached hydrogen (secondary N) is 1. The topological polar surface area (TPSA) is 122 Å². The molecule has 0 saturated heterocycles. The number of carboxylic acid groups (broad SMARTS) is 1. The van der Waals surface area contributed by atoms with Gasteiger partial charge >= 0.3 is 5.97 Å². The number of aromatic nitrogens is 4. The van der Waals surface area contributed by atoms with Gasteiger partial charge in [-0.1, -0.05) is 6.07 Å². The Morgan fingerprint density at radius 1 is 1.17 bits per heavy atom. The average Bonchev–Trinajstić information content (AvgIpc) is 3.30. The molecule has 1 aliphatic heterocycles. The van der Waals surface area contributed by atoms with Crippen LogP contribution in [0.2, 0.25) is 0 Å². The molecule has 9 nitrogen and oxygen atoms in total. The Kier molecular flexibility index (Phi) is 6.58. The van der Waals surface area contributed by atoms with Gasteiger partial charge in [0.25, 0.3) is 0 Å². The van der Waals surface area contributed by atoms with Crippen LogP contribution in [0.3, 0.4) is 0 Å². The van der Waals surface area contributed by atoms with Gasteiger partial charge in [-0.15, -0.1) is 0 Å². The molecule has 5 rings (SSSR count). The normalized spacial score (nSPS) is 13.7. The van der Waals surface area contributed by atoms with Crippen LogP contribution in [-0.4, -0.2) is 49.1 Å². The fourth-order valence-electron chi connectivity index (χ4n) is 4.44. The van der Waals surface area contributed by atoms with E-state index in [1.165, 1.54) is 5.56 Å². The fraction of sp³-hybridized carbons (Fsp3) is 0.308. The molecule has 1 aliphatic rings. The number of anilines is 1. The molecule has 0 spiro atoms. The van der Waals surface area contributed by atoms with Crippen LogP contribution in [-0.2, 0) is 24.2 Å². The number of hydrogen-bond donors (Lipinski definition) is 3. The van der Waals surface area contributed by atoms with Crippen molar-refractivity contribution < 1.29 is 19.7 Å². The lowest BCUT2D eigenvalue weighted by atomic mass is 10.0. The predicted molar refractivity (Wildman–Crippen MR) is 131 cm³/mol. The van der Waals surface area contributed by atoms with E-state index in [0.29, 0.717) is 29.9 Å². The molecule has 0 unspecified atom stereocenters. The van der Waals surface area contributed by atoms with Crippen LogP contribution in [0, 0.1) is 0 Å². The van der Waals surface area contributed by atoms with Gasteiger partial charge in [-0.3, -0.25) is 14.5 Å². The zero-order valence-corrected chi connectivity index (χ0v) is 19.2. The van der Waals surface area contributed by atoms with Crippen LogP contribution in [0.1, 0.15) is 41.3 Å². The number of benzene rings is 1. The first-order valence-corrected chi connectivity index (χ1v) is 11.7. The summed E-state index contributed by atoms with van der Waals surface area (Å²) >= 11 is 0. The number of ether oxygens (including phenoxy) is 1. The van der Waals surface area contributed by atoms with E-state index in [0.717, 1.165) is 41.8 Å². The lowest BCUT2D eigenvalue weighted by Gasteiger charge is -2.18. The van der Waals surface area contributed by atoms with Gasteiger partial charge in [0.05, 0.1) is 37.4 Å². The molecule has 9 heteroatoms. The molecular weight excluding hydrogens is 446 g/mol. The van der Waals surface area contributed by atoms with E-state index in [1.54, 1.807) is 29.3 Å². The van der Waals surface area contributed by atoms with Crippen molar-refractivity contribution in [1.82, 2.24) is 19.7 Å². The smallest absolute Gasteiger partial charge is 0.305 e. The standard InChI is InChI=1S/C26H27N5O4/c32-16-17-10-19(14-27-13-17)24(12-25(33)34)31-23-6-5-22(11-20(23)15-29-31)35-9-7-21-4-3-18-2-1-8-28-26(18)30-21/h3-6,10-11,13-15,24,32H,1-2,7-9,12,16H2,(H,28,30)(H,33,34)/t24-/m1/s1. The molecule has 4 aromatic rings. The number of nitrogens with zero attached hydrogens (tertiary/aromatic N) is 4. The van der Waals surface area contributed by atoms with Crippen molar-refractivity contribution in [3.63, 3.8) is 0 Å². The predicted octanol–water partition coefficient (Wildman–Crippen LogP) is 3.36. The summed E-state index contributed by atoms with van der Waals surface area (Å²) in [7, 11) is 0. The first-order valence-electron chi connectivity index (χ1n) is 11.7. The summed E-state index contributed by atoms with van der Waals surface area (Å²) in [5.74, 6) is 0.754. The van der Waals surface area contributed by atoms with Crippen LogP contribution in [0.15, 0.2) is 55.0 Å². The van der Waals surface area contributed by atoms with Gasteiger partial charge in [-0.05, 0) is 59.9 Å². The highest BCUT2D eigenvalue weighted by Crippen LogP contribution is 2.29. The SMILES string of the molecule is O=C(O)C[C@H](c1cncc(CO)c1)n1ncc2cc(OCCc3ccc4c(n3)NCCC4)ccc21. The minimum absolute atomic E-state index is 0.159. The molecule has 0 fully saturated rings. The highest BCUT2D eigenvalue weighted by Gasteiger charge is 2.21. The zero-order valence-electron chi connectivity index (χ0n) is 19.2. The Balaban J connectivity index is 1.32. The second kappa shape index (κ2) is 10.1. The monoisotopic (exact) mass is 473 g/mol. The number of aliphatic carboxylic acids is 1. The van der Waals surface area contributed by atoms with Gasteiger partial charge < -0.3 is 20.3 Å². The van der Waals surface area contributed by atoms with Crippen molar-refractivity contribution in [2.24, 2.45) is 0 Å². The summed E-state index contributed by atoms with van der Waals surface area (Å²) in [4.78, 5) is 20.5. The number of hydrogen-bond acceptors (Lipinski definition) is 7. The number of pyridine rings is 2. The van der Waals surface area contributed by atoms with Crippen molar-refractivity contribution in [1.29, 1.82) is 0 Å². The third-order valence-corrected chi connectivity index (χ3v) is 6.19. The van der Waals surface area contributed by atoms with Crippen LogP contribution in [0.25, 0.3) is 10.9 Å². The molecule has 0 radical (unpaired) electrons. The second-order valence-electron chi connectivity index (χ2n) is 8.65. The van der Waals surface area contributed by atoms with Crippen LogP contribution in [0.5, 0.6) is 5.75 Å². The minimum Gasteiger partial charge on any atom is -0.493 e. The first-order chi connectivity index (χ1) is 17.1. The third-order valence-electron chi connectivity index (χ3n) is 6.19. The maximum atomic E-state index is 11.6. The number of aryl methyl sites for hydroxylation is 1. The molecule has 0 aliphatic carbocycles. The van der Waals surface area contributed by atoms with Crippen LogP contribution in [0.4, 0.5) is 5.82 Å². The molecule has 0 amide bonds. The van der Waals surface area contributed by atoms with E-state index in [9.17, 15) is 15.0 Å². The van der Waals surface area contributed by atoms with Crippen molar-refractivity contribution in [3.8, 4) is 5.75 Å². The fourth-order valence-corrected chi connectivity index (χ4v) is 4.44. The van der Waals surface area contributed by atoms with Gasteiger partial charge in [0.15, 0.2) is 0 Å². The number of aliphatic hydroxyl groups is 1. The largest absolute Gasteiger partial charge is 0.493 e. The van der Waals surface area contributed by atoms with Crippen molar-refractivity contribution in [2.75, 3.05) is 18.5 Å². The number of rotatable bonds is 9. The lowest BCUT2D eigenvalue weighted by Crippen LogP contribution is -2.17. The number of fused-ring (bicyclic) bond motifs is 2. The molecule has 0 saturated carbocycles. The first kappa shape index (κ1) is 22.8. The maximum absolute atomic E-state index is 11.6. The molecule has 180 valence electrons. The Bertz CT molecular complexity index is 1350. The molecular formula is C26H27N5O4. The van der Waals surface area contributed by atoms with Gasteiger partial charge in [-0.2, -0.15) is 5.10 Å². The molecule has 0 bridgehead atoms. The molecule has 3 N–H and O–H groups in total. The van der Waals surface area contributed by atoms with Crippen molar-refractivity contribution in [3.05, 3.63) is 77.4 Å². The summed E-state index contributed by atoms with van der Waals surface area (Å²) in [6.07, 6.45) is 7.62. The molecule has 1 atom stereocenters. The van der Waals surface area contributed by atoms with Gasteiger partial charge in [0.2, 0.25) is 0 Å². The van der Waals surface area contributed by atoms with E-state index in [1.807, 2.05) is 18.2 Å². The summed E-state index contributed by atoms with van der Waals surface area (Å²) < 4.78 is 7.67. The highest BCUT2D eigenvalue weighted by atomic mass is 16.5. The Morgan fingerprint density at radius 2 is 2.09 bits per heavy atom. The molecule has 1 aromatic carbocycles. The van der Waals surface area contributed by atoms with Crippen molar-refractivity contribution >= 4 is 22.7 Å². The molecule has 35 heavy (non-hydrogen) atoms. The maximum Gasteiger partial charge on any atom is 0.305 e. The third kappa shape index (κ3) is 5.09. The van der Waals surface area contributed by atoms with E-state index in [-0.39, 0.29) is 13.0 Å². The lowest BCUT2D eigenvalue weighted by molar-refractivity contribution is -0.137. The summed E-state index contributed by atoms with van der Waals surface area (Å²) in [5, 5.41) is 27.6. The molecule has 4 heterocycles. The Hall–Kier alpha value is -3.98. The second-order valence-corrected chi connectivity index (χ2v) is 8.65. The quantitative estimate of drug-likeness (QED) is 0.338. The zero-order chi connectivity index (χ0) is 24.2. The van der Waals surface area contributed by atoms with Crippen LogP contribution < -0.4 is 10.1 Å². The van der Waals surface area contributed by atoms with E-state index in [2.05, 4.69) is 27.5 Å². The Morgan fingerprint density at radius 3 is 2.94 bits per heavy atom. The van der Waals surface area contributed by atoms with E-state index < -0.39 is 12.0 Å². The summed E-state index contributed by atoms with van der Waals surface area (Å²) in [6.45, 7) is 1.29. The summed E-state index contributed by atoms with van der Waals surface area (Å²) in [5.41, 5.74) is 4.34. The number of aliphatic hydroxyl groups excluding tert-OH is 1. The van der Waals surface area contributed by atoms with E-state index in [4.69, 9.17) is 9.72 Å². The van der Waals surface area contributed by atoms with E-state index >= 15 is 0 Å². The van der Waals surface area contributed by atoms with Gasteiger partial charge in [0, 0.05) is 36.4 Å². The summed E-state index contributed by atoms with van der Waals surface area (Å²) in [6, 6.07) is 11.1.